The highest BCUT2D eigenvalue weighted by Crippen LogP contribution is 2.38. The molecule has 0 aromatic carbocycles. The fourth-order valence-corrected chi connectivity index (χ4v) is 1.48. The van der Waals surface area contributed by atoms with E-state index < -0.39 is 5.60 Å². The zero-order chi connectivity index (χ0) is 11.9. The second-order valence-electron chi connectivity index (χ2n) is 4.30. The molecule has 1 unspecified atom stereocenters. The lowest BCUT2D eigenvalue weighted by molar-refractivity contribution is -0.143. The minimum atomic E-state index is -1.15. The van der Waals surface area contributed by atoms with E-state index in [1.165, 1.54) is 4.90 Å². The van der Waals surface area contributed by atoms with Crippen molar-refractivity contribution in [1.29, 1.82) is 0 Å². The lowest BCUT2D eigenvalue weighted by Crippen LogP contribution is -2.39. The van der Waals surface area contributed by atoms with Crippen LogP contribution >= 0.6 is 0 Å². The van der Waals surface area contributed by atoms with Gasteiger partial charge in [-0.15, -0.1) is 0 Å². The predicted molar refractivity (Wildman–Crippen MR) is 54.4 cm³/mol. The summed E-state index contributed by atoms with van der Waals surface area (Å²) >= 11 is 0. The summed E-state index contributed by atoms with van der Waals surface area (Å²) in [4.78, 5) is 17.3. The van der Waals surface area contributed by atoms with Crippen molar-refractivity contribution < 1.29 is 14.4 Å². The fourth-order valence-electron chi connectivity index (χ4n) is 1.48. The number of nitrogens with zero attached hydrogens (tertiary/aromatic N) is 3. The normalized spacial score (nSPS) is 19.2. The maximum atomic E-state index is 11.8. The van der Waals surface area contributed by atoms with E-state index in [1.54, 1.807) is 20.9 Å². The Hall–Kier alpha value is -1.43. The largest absolute Gasteiger partial charge is 0.380 e. The van der Waals surface area contributed by atoms with Crippen LogP contribution in [0.5, 0.6) is 0 Å². The lowest BCUT2D eigenvalue weighted by Gasteiger charge is -2.24. The second-order valence-corrected chi connectivity index (χ2v) is 4.30. The van der Waals surface area contributed by atoms with Gasteiger partial charge in [-0.3, -0.25) is 4.79 Å². The Kier molecular flexibility index (Phi) is 2.46. The number of amides is 1. The lowest BCUT2D eigenvalue weighted by atomic mass is 10.2. The molecule has 6 nitrogen and oxygen atoms in total. The van der Waals surface area contributed by atoms with Gasteiger partial charge in [0.1, 0.15) is 11.6 Å². The Morgan fingerprint density at radius 1 is 1.62 bits per heavy atom. The molecule has 0 radical (unpaired) electrons. The van der Waals surface area contributed by atoms with Crippen molar-refractivity contribution in [1.82, 2.24) is 15.0 Å². The Morgan fingerprint density at radius 3 is 2.69 bits per heavy atom. The average molecular weight is 225 g/mol. The first kappa shape index (κ1) is 11.1. The summed E-state index contributed by atoms with van der Waals surface area (Å²) in [5, 5.41) is 13.4. The van der Waals surface area contributed by atoms with Crippen LogP contribution in [0.3, 0.4) is 0 Å². The number of aromatic nitrogens is 2. The third kappa shape index (κ3) is 1.80. The second kappa shape index (κ2) is 3.55. The van der Waals surface area contributed by atoms with Crippen molar-refractivity contribution in [3.05, 3.63) is 11.7 Å². The molecule has 1 fully saturated rings. The Bertz CT molecular complexity index is 411. The van der Waals surface area contributed by atoms with Gasteiger partial charge in [0.2, 0.25) is 5.89 Å². The average Bonchev–Trinajstić information content (AvgIpc) is 2.86. The molecule has 1 aromatic rings. The summed E-state index contributed by atoms with van der Waals surface area (Å²) in [7, 11) is 1.63. The van der Waals surface area contributed by atoms with Crippen LogP contribution in [0, 0.1) is 6.92 Å². The van der Waals surface area contributed by atoms with Gasteiger partial charge >= 0.3 is 0 Å². The van der Waals surface area contributed by atoms with Crippen LogP contribution in [0.2, 0.25) is 0 Å². The molecular weight excluding hydrogens is 210 g/mol. The van der Waals surface area contributed by atoms with Crippen LogP contribution in [-0.2, 0) is 4.79 Å². The molecule has 1 amide bonds. The van der Waals surface area contributed by atoms with Crippen molar-refractivity contribution in [3.8, 4) is 0 Å². The minimum Gasteiger partial charge on any atom is -0.380 e. The number of aliphatic hydroxyl groups is 1. The standard InChI is InChI=1S/C10H15N3O3/c1-6(8-11-7(2)12-16-8)13(3)9(14)10(15)4-5-10/h6,15H,4-5H2,1-3H3. The Balaban J connectivity index is 2.10. The molecule has 1 atom stereocenters. The van der Waals surface area contributed by atoms with Crippen molar-refractivity contribution in [3.63, 3.8) is 0 Å². The van der Waals surface area contributed by atoms with Crippen molar-refractivity contribution in [2.24, 2.45) is 0 Å². The molecule has 88 valence electrons. The fraction of sp³-hybridized carbons (Fsp3) is 0.700. The van der Waals surface area contributed by atoms with Crippen molar-refractivity contribution in [2.45, 2.75) is 38.3 Å². The zero-order valence-electron chi connectivity index (χ0n) is 9.60. The number of hydrogen-bond acceptors (Lipinski definition) is 5. The zero-order valence-corrected chi connectivity index (χ0v) is 9.60. The molecule has 16 heavy (non-hydrogen) atoms. The summed E-state index contributed by atoms with van der Waals surface area (Å²) in [6.45, 7) is 3.51. The molecule has 0 aliphatic heterocycles. The van der Waals surface area contributed by atoms with Gasteiger partial charge in [-0.2, -0.15) is 4.98 Å². The number of hydrogen-bond donors (Lipinski definition) is 1. The molecule has 1 aliphatic carbocycles. The van der Waals surface area contributed by atoms with Crippen LogP contribution < -0.4 is 0 Å². The molecular formula is C10H15N3O3. The number of likely N-dealkylation sites (N-methyl/N-ethyl adjacent to an activating group) is 1. The molecule has 6 heteroatoms. The summed E-state index contributed by atoms with van der Waals surface area (Å²) < 4.78 is 4.99. The molecule has 1 aliphatic rings. The molecule has 1 saturated carbocycles. The quantitative estimate of drug-likeness (QED) is 0.806. The van der Waals surface area contributed by atoms with E-state index in [0.29, 0.717) is 24.6 Å². The molecule has 0 bridgehead atoms. The minimum absolute atomic E-state index is 0.282. The van der Waals surface area contributed by atoms with Gasteiger partial charge < -0.3 is 14.5 Å². The first-order valence-corrected chi connectivity index (χ1v) is 5.24. The molecule has 1 heterocycles. The number of rotatable bonds is 3. The monoisotopic (exact) mass is 225 g/mol. The van der Waals surface area contributed by atoms with Gasteiger partial charge in [-0.1, -0.05) is 5.16 Å². The van der Waals surface area contributed by atoms with Crippen LogP contribution in [-0.4, -0.2) is 38.7 Å². The van der Waals surface area contributed by atoms with E-state index >= 15 is 0 Å². The van der Waals surface area contributed by atoms with Gasteiger partial charge in [-0.25, -0.2) is 0 Å². The molecule has 0 spiro atoms. The van der Waals surface area contributed by atoms with E-state index in [-0.39, 0.29) is 11.9 Å². The van der Waals surface area contributed by atoms with Crippen LogP contribution in [0.15, 0.2) is 4.52 Å². The maximum absolute atomic E-state index is 11.8. The molecule has 1 aromatic heterocycles. The van der Waals surface area contributed by atoms with Crippen LogP contribution in [0.25, 0.3) is 0 Å². The molecule has 1 N–H and O–H groups in total. The van der Waals surface area contributed by atoms with Gasteiger partial charge in [0.15, 0.2) is 5.82 Å². The topological polar surface area (TPSA) is 79.5 Å². The molecule has 2 rings (SSSR count). The third-order valence-electron chi connectivity index (χ3n) is 2.92. The van der Waals surface area contributed by atoms with E-state index in [9.17, 15) is 9.90 Å². The highest BCUT2D eigenvalue weighted by Gasteiger charge is 2.50. The van der Waals surface area contributed by atoms with Gasteiger partial charge in [-0.05, 0) is 26.7 Å². The van der Waals surface area contributed by atoms with E-state index in [1.807, 2.05) is 0 Å². The highest BCUT2D eigenvalue weighted by atomic mass is 16.5. The number of carbonyl (C=O) groups is 1. The number of carbonyl (C=O) groups excluding carboxylic acids is 1. The van der Waals surface area contributed by atoms with Crippen LogP contribution in [0.1, 0.15) is 37.5 Å². The van der Waals surface area contributed by atoms with Crippen LogP contribution in [0.4, 0.5) is 0 Å². The first-order valence-electron chi connectivity index (χ1n) is 5.24. The van der Waals surface area contributed by atoms with Gasteiger partial charge in [0.05, 0.1) is 0 Å². The van der Waals surface area contributed by atoms with Crippen molar-refractivity contribution in [2.75, 3.05) is 7.05 Å². The smallest absolute Gasteiger partial charge is 0.254 e. The summed E-state index contributed by atoms with van der Waals surface area (Å²) in [6.07, 6.45) is 1.07. The van der Waals surface area contributed by atoms with E-state index in [2.05, 4.69) is 10.1 Å². The first-order chi connectivity index (χ1) is 7.44. The SMILES string of the molecule is Cc1noc(C(C)N(C)C(=O)C2(O)CC2)n1. The highest BCUT2D eigenvalue weighted by molar-refractivity contribution is 5.87. The number of aryl methyl sites for hydroxylation is 1. The van der Waals surface area contributed by atoms with E-state index in [0.717, 1.165) is 0 Å². The third-order valence-corrected chi connectivity index (χ3v) is 2.92. The summed E-state index contributed by atoms with van der Waals surface area (Å²) in [5.41, 5.74) is -1.15. The summed E-state index contributed by atoms with van der Waals surface area (Å²) in [6, 6.07) is -0.321. The van der Waals surface area contributed by atoms with Gasteiger partial charge in [0, 0.05) is 7.05 Å². The maximum Gasteiger partial charge on any atom is 0.254 e. The van der Waals surface area contributed by atoms with Gasteiger partial charge in [0.25, 0.3) is 5.91 Å². The Morgan fingerprint density at radius 2 is 2.25 bits per heavy atom. The predicted octanol–water partition coefficient (Wildman–Crippen LogP) is 0.422. The van der Waals surface area contributed by atoms with Crippen molar-refractivity contribution >= 4 is 5.91 Å². The van der Waals surface area contributed by atoms with E-state index in [4.69, 9.17) is 4.52 Å². The Labute approximate surface area is 93.2 Å². The summed E-state index contributed by atoms with van der Waals surface area (Å²) in [5.74, 6) is 0.640. The molecule has 0 saturated heterocycles.